The first kappa shape index (κ1) is 14.1. The Bertz CT molecular complexity index is 386. The van der Waals surface area contributed by atoms with Gasteiger partial charge in [-0.15, -0.1) is 6.58 Å². The van der Waals surface area contributed by atoms with Crippen molar-refractivity contribution in [3.05, 3.63) is 12.7 Å². The third-order valence-corrected chi connectivity index (χ3v) is 4.49. The van der Waals surface area contributed by atoms with E-state index in [9.17, 15) is 9.59 Å². The molecule has 4 nitrogen and oxygen atoms in total. The fourth-order valence-electron chi connectivity index (χ4n) is 3.29. The molecule has 0 spiro atoms. The molecule has 106 valence electrons. The Morgan fingerprint density at radius 1 is 1.37 bits per heavy atom. The molecule has 4 heteroatoms. The number of hydrogen-bond acceptors (Lipinski definition) is 2. The van der Waals surface area contributed by atoms with E-state index in [0.717, 1.165) is 12.3 Å². The van der Waals surface area contributed by atoms with Crippen LogP contribution in [0.2, 0.25) is 0 Å². The standard InChI is InChI=1S/C15H24N2O2/c1-4-9-17-13(18)15(3,16-14(17)19)10-12-7-5-11(2)6-8-12/h4,11-12H,1,5-10H2,2-3H3,(H,16,19). The summed E-state index contributed by atoms with van der Waals surface area (Å²) in [5, 5.41) is 2.86. The zero-order valence-corrected chi connectivity index (χ0v) is 11.9. The number of amides is 3. The molecule has 2 rings (SSSR count). The summed E-state index contributed by atoms with van der Waals surface area (Å²) in [7, 11) is 0. The van der Waals surface area contributed by atoms with Crippen molar-refractivity contribution < 1.29 is 9.59 Å². The zero-order chi connectivity index (χ0) is 14.0. The Morgan fingerprint density at radius 2 is 2.00 bits per heavy atom. The maximum absolute atomic E-state index is 12.4. The topological polar surface area (TPSA) is 49.4 Å². The number of nitrogens with one attached hydrogen (secondary N) is 1. The number of rotatable bonds is 4. The second kappa shape index (κ2) is 5.35. The molecule has 1 aliphatic carbocycles. The van der Waals surface area contributed by atoms with E-state index in [1.54, 1.807) is 6.08 Å². The van der Waals surface area contributed by atoms with Gasteiger partial charge in [-0.2, -0.15) is 0 Å². The molecular weight excluding hydrogens is 240 g/mol. The summed E-state index contributed by atoms with van der Waals surface area (Å²) in [6.45, 7) is 8.02. The molecule has 0 aromatic carbocycles. The highest BCUT2D eigenvalue weighted by Gasteiger charge is 2.48. The van der Waals surface area contributed by atoms with Crippen LogP contribution in [0.25, 0.3) is 0 Å². The highest BCUT2D eigenvalue weighted by Crippen LogP contribution is 2.35. The smallest absolute Gasteiger partial charge is 0.323 e. The average Bonchev–Trinajstić information content (AvgIpc) is 2.56. The highest BCUT2D eigenvalue weighted by atomic mass is 16.2. The zero-order valence-electron chi connectivity index (χ0n) is 11.9. The van der Waals surface area contributed by atoms with Crippen molar-refractivity contribution >= 4 is 11.9 Å². The van der Waals surface area contributed by atoms with Crippen LogP contribution in [0.4, 0.5) is 4.79 Å². The largest absolute Gasteiger partial charge is 0.325 e. The minimum atomic E-state index is -0.717. The summed E-state index contributed by atoms with van der Waals surface area (Å²) in [5.41, 5.74) is -0.717. The van der Waals surface area contributed by atoms with Gasteiger partial charge in [0.2, 0.25) is 0 Å². The Kier molecular flexibility index (Phi) is 3.97. The molecule has 1 N–H and O–H groups in total. The van der Waals surface area contributed by atoms with Gasteiger partial charge in [-0.3, -0.25) is 9.69 Å². The van der Waals surface area contributed by atoms with Crippen LogP contribution in [-0.2, 0) is 4.79 Å². The third-order valence-electron chi connectivity index (χ3n) is 4.49. The monoisotopic (exact) mass is 264 g/mol. The molecule has 3 amide bonds. The summed E-state index contributed by atoms with van der Waals surface area (Å²) in [4.78, 5) is 25.5. The van der Waals surface area contributed by atoms with Crippen molar-refractivity contribution in [3.8, 4) is 0 Å². The first-order valence-corrected chi connectivity index (χ1v) is 7.21. The fraction of sp³-hybridized carbons (Fsp3) is 0.733. The van der Waals surface area contributed by atoms with Crippen LogP contribution >= 0.6 is 0 Å². The lowest BCUT2D eigenvalue weighted by molar-refractivity contribution is -0.131. The van der Waals surface area contributed by atoms with Crippen LogP contribution in [0, 0.1) is 11.8 Å². The van der Waals surface area contributed by atoms with Gasteiger partial charge in [0.1, 0.15) is 5.54 Å². The van der Waals surface area contributed by atoms with Crippen LogP contribution in [0.1, 0.15) is 46.0 Å². The summed E-state index contributed by atoms with van der Waals surface area (Å²) in [6, 6.07) is -0.281. The summed E-state index contributed by atoms with van der Waals surface area (Å²) in [6.07, 6.45) is 7.16. The molecule has 1 atom stereocenters. The summed E-state index contributed by atoms with van der Waals surface area (Å²) in [5.74, 6) is 1.25. The molecule has 0 aromatic heterocycles. The van der Waals surface area contributed by atoms with E-state index >= 15 is 0 Å². The van der Waals surface area contributed by atoms with Gasteiger partial charge in [-0.05, 0) is 25.2 Å². The second-order valence-electron chi connectivity index (χ2n) is 6.30. The minimum Gasteiger partial charge on any atom is -0.323 e. The highest BCUT2D eigenvalue weighted by molar-refractivity contribution is 6.06. The third kappa shape index (κ3) is 2.82. The molecule has 2 fully saturated rings. The molecule has 1 saturated carbocycles. The lowest BCUT2D eigenvalue weighted by Gasteiger charge is -2.31. The molecule has 0 bridgehead atoms. The van der Waals surface area contributed by atoms with Gasteiger partial charge in [0.25, 0.3) is 5.91 Å². The van der Waals surface area contributed by atoms with Crippen LogP contribution in [-0.4, -0.2) is 28.9 Å². The molecule has 19 heavy (non-hydrogen) atoms. The summed E-state index contributed by atoms with van der Waals surface area (Å²) >= 11 is 0. The Morgan fingerprint density at radius 3 is 2.58 bits per heavy atom. The van der Waals surface area contributed by atoms with Gasteiger partial charge in [0.05, 0.1) is 0 Å². The fourth-order valence-corrected chi connectivity index (χ4v) is 3.29. The molecule has 1 unspecified atom stereocenters. The lowest BCUT2D eigenvalue weighted by atomic mass is 9.77. The number of urea groups is 1. The maximum Gasteiger partial charge on any atom is 0.325 e. The van der Waals surface area contributed by atoms with Gasteiger partial charge < -0.3 is 5.32 Å². The molecule has 1 aliphatic heterocycles. The van der Waals surface area contributed by atoms with Crippen LogP contribution in [0.3, 0.4) is 0 Å². The number of imide groups is 1. The maximum atomic E-state index is 12.4. The SMILES string of the molecule is C=CCN1C(=O)NC(C)(CC2CCC(C)CC2)C1=O. The first-order valence-electron chi connectivity index (χ1n) is 7.21. The molecule has 0 radical (unpaired) electrons. The van der Waals surface area contributed by atoms with Gasteiger partial charge in [0, 0.05) is 6.54 Å². The van der Waals surface area contributed by atoms with E-state index < -0.39 is 5.54 Å². The van der Waals surface area contributed by atoms with E-state index in [4.69, 9.17) is 0 Å². The van der Waals surface area contributed by atoms with Crippen LogP contribution in [0.15, 0.2) is 12.7 Å². The van der Waals surface area contributed by atoms with Crippen LogP contribution < -0.4 is 5.32 Å². The number of nitrogens with zero attached hydrogens (tertiary/aromatic N) is 1. The van der Waals surface area contributed by atoms with Crippen molar-refractivity contribution in [2.75, 3.05) is 6.54 Å². The lowest BCUT2D eigenvalue weighted by Crippen LogP contribution is -2.45. The van der Waals surface area contributed by atoms with Crippen molar-refractivity contribution in [2.45, 2.75) is 51.5 Å². The van der Waals surface area contributed by atoms with Crippen LogP contribution in [0.5, 0.6) is 0 Å². The van der Waals surface area contributed by atoms with E-state index in [-0.39, 0.29) is 11.9 Å². The summed E-state index contributed by atoms with van der Waals surface area (Å²) < 4.78 is 0. The predicted octanol–water partition coefficient (Wildman–Crippen LogP) is 2.70. The minimum absolute atomic E-state index is 0.101. The van der Waals surface area contributed by atoms with E-state index in [2.05, 4.69) is 18.8 Å². The van der Waals surface area contributed by atoms with Crippen molar-refractivity contribution in [1.29, 1.82) is 0 Å². The Hall–Kier alpha value is -1.32. The molecule has 0 aromatic rings. The van der Waals surface area contributed by atoms with Gasteiger partial charge in [-0.25, -0.2) is 4.79 Å². The van der Waals surface area contributed by atoms with E-state index in [1.165, 1.54) is 30.6 Å². The quantitative estimate of drug-likeness (QED) is 0.627. The van der Waals surface area contributed by atoms with E-state index in [1.807, 2.05) is 6.92 Å². The van der Waals surface area contributed by atoms with Crippen molar-refractivity contribution in [1.82, 2.24) is 10.2 Å². The molecule has 2 aliphatic rings. The number of carbonyl (C=O) groups is 2. The molecular formula is C15H24N2O2. The second-order valence-corrected chi connectivity index (χ2v) is 6.30. The van der Waals surface area contributed by atoms with Gasteiger partial charge in [0.15, 0.2) is 0 Å². The Balaban J connectivity index is 2.01. The predicted molar refractivity (Wildman–Crippen MR) is 74.6 cm³/mol. The number of hydrogen-bond donors (Lipinski definition) is 1. The number of carbonyl (C=O) groups excluding carboxylic acids is 2. The van der Waals surface area contributed by atoms with Gasteiger partial charge in [-0.1, -0.05) is 38.7 Å². The average molecular weight is 264 g/mol. The normalized spacial score (nSPS) is 35.4. The Labute approximate surface area is 115 Å². The molecule has 1 heterocycles. The van der Waals surface area contributed by atoms with Crippen molar-refractivity contribution in [3.63, 3.8) is 0 Å². The first-order chi connectivity index (χ1) is 8.96. The van der Waals surface area contributed by atoms with Gasteiger partial charge >= 0.3 is 6.03 Å². The molecule has 1 saturated heterocycles. The van der Waals surface area contributed by atoms with E-state index in [0.29, 0.717) is 12.5 Å². The van der Waals surface area contributed by atoms with Crippen molar-refractivity contribution in [2.24, 2.45) is 11.8 Å².